The zero-order chi connectivity index (χ0) is 13.2. The summed E-state index contributed by atoms with van der Waals surface area (Å²) in [5.74, 6) is 0.440. The van der Waals surface area contributed by atoms with Gasteiger partial charge in [0.15, 0.2) is 0 Å². The molecule has 0 aromatic heterocycles. The molecule has 2 aliphatic rings. The largest absolute Gasteiger partial charge is 0.379 e. The first-order valence-electron chi connectivity index (χ1n) is 6.81. The number of rotatable bonds is 4. The Labute approximate surface area is 108 Å². The van der Waals surface area contributed by atoms with Crippen LogP contribution in [-0.2, 0) is 14.3 Å². The van der Waals surface area contributed by atoms with Gasteiger partial charge >= 0.3 is 0 Å². The first kappa shape index (κ1) is 13.8. The number of hydrogen-bond acceptors (Lipinski definition) is 4. The van der Waals surface area contributed by atoms with E-state index >= 15 is 0 Å². The van der Waals surface area contributed by atoms with Crippen LogP contribution in [0.3, 0.4) is 0 Å². The molecule has 5 nitrogen and oxygen atoms in total. The highest BCUT2D eigenvalue weighted by Crippen LogP contribution is 2.28. The lowest BCUT2D eigenvalue weighted by Gasteiger charge is -2.27. The highest BCUT2D eigenvalue weighted by molar-refractivity contribution is 5.83. The van der Waals surface area contributed by atoms with Gasteiger partial charge in [-0.25, -0.2) is 0 Å². The van der Waals surface area contributed by atoms with E-state index in [-0.39, 0.29) is 18.1 Å². The zero-order valence-electron chi connectivity index (χ0n) is 11.3. The van der Waals surface area contributed by atoms with Crippen molar-refractivity contribution in [1.29, 1.82) is 0 Å². The maximum Gasteiger partial charge on any atom is 0.229 e. The Morgan fingerprint density at radius 2 is 2.33 bits per heavy atom. The van der Waals surface area contributed by atoms with Gasteiger partial charge < -0.3 is 20.5 Å². The van der Waals surface area contributed by atoms with E-state index in [0.29, 0.717) is 25.7 Å². The van der Waals surface area contributed by atoms with Gasteiger partial charge in [-0.2, -0.15) is 0 Å². The van der Waals surface area contributed by atoms with Crippen LogP contribution in [0.2, 0.25) is 0 Å². The van der Waals surface area contributed by atoms with E-state index in [1.165, 1.54) is 0 Å². The van der Waals surface area contributed by atoms with Crippen LogP contribution in [0, 0.1) is 11.3 Å². The Kier molecular flexibility index (Phi) is 4.25. The molecular weight excluding hydrogens is 232 g/mol. The van der Waals surface area contributed by atoms with Gasteiger partial charge in [0.05, 0.1) is 24.7 Å². The van der Waals surface area contributed by atoms with Crippen LogP contribution < -0.4 is 11.1 Å². The van der Waals surface area contributed by atoms with Crippen molar-refractivity contribution in [3.63, 3.8) is 0 Å². The van der Waals surface area contributed by atoms with Gasteiger partial charge in [0.1, 0.15) is 0 Å². The molecule has 18 heavy (non-hydrogen) atoms. The molecule has 2 heterocycles. The van der Waals surface area contributed by atoms with Crippen LogP contribution in [0.15, 0.2) is 0 Å². The molecule has 1 amide bonds. The second kappa shape index (κ2) is 5.55. The fourth-order valence-electron chi connectivity index (χ4n) is 2.73. The van der Waals surface area contributed by atoms with Crippen molar-refractivity contribution < 1.29 is 14.3 Å². The third kappa shape index (κ3) is 2.53. The summed E-state index contributed by atoms with van der Waals surface area (Å²) in [6.07, 6.45) is 2.31. The SMILES string of the molecule is CCC1OCCC1CNC(=O)C1(C)COCC1N. The van der Waals surface area contributed by atoms with Crippen LogP contribution in [-0.4, -0.2) is 44.4 Å². The van der Waals surface area contributed by atoms with Gasteiger partial charge in [0, 0.05) is 25.1 Å². The highest BCUT2D eigenvalue weighted by atomic mass is 16.5. The lowest BCUT2D eigenvalue weighted by Crippen LogP contribution is -2.51. The predicted molar refractivity (Wildman–Crippen MR) is 68.0 cm³/mol. The zero-order valence-corrected chi connectivity index (χ0v) is 11.3. The molecule has 0 aromatic rings. The fourth-order valence-corrected chi connectivity index (χ4v) is 2.73. The van der Waals surface area contributed by atoms with Gasteiger partial charge in [-0.3, -0.25) is 4.79 Å². The minimum absolute atomic E-state index is 0.00857. The number of carbonyl (C=O) groups excluding carboxylic acids is 1. The summed E-state index contributed by atoms with van der Waals surface area (Å²) in [4.78, 5) is 12.2. The van der Waals surface area contributed by atoms with E-state index in [1.807, 2.05) is 6.92 Å². The second-order valence-corrected chi connectivity index (χ2v) is 5.62. The molecule has 2 rings (SSSR count). The minimum atomic E-state index is -0.582. The lowest BCUT2D eigenvalue weighted by molar-refractivity contribution is -0.130. The van der Waals surface area contributed by atoms with Crippen molar-refractivity contribution in [3.8, 4) is 0 Å². The summed E-state index contributed by atoms with van der Waals surface area (Å²) in [6.45, 7) is 6.36. The number of carbonyl (C=O) groups is 1. The van der Waals surface area contributed by atoms with Crippen molar-refractivity contribution in [3.05, 3.63) is 0 Å². The smallest absolute Gasteiger partial charge is 0.229 e. The maximum atomic E-state index is 12.2. The Morgan fingerprint density at radius 3 is 2.94 bits per heavy atom. The molecule has 0 saturated carbocycles. The standard InChI is InChI=1S/C13H24N2O3/c1-3-10-9(4-5-18-10)6-15-12(16)13(2)8-17-7-11(13)14/h9-11H,3-8,14H2,1-2H3,(H,15,16). The first-order valence-corrected chi connectivity index (χ1v) is 6.81. The Hall–Kier alpha value is -0.650. The van der Waals surface area contributed by atoms with Crippen LogP contribution in [0.4, 0.5) is 0 Å². The van der Waals surface area contributed by atoms with Gasteiger partial charge in [0.2, 0.25) is 5.91 Å². The second-order valence-electron chi connectivity index (χ2n) is 5.62. The molecule has 0 spiro atoms. The normalized spacial score (nSPS) is 40.1. The number of ether oxygens (including phenoxy) is 2. The molecule has 4 atom stereocenters. The molecule has 2 aliphatic heterocycles. The van der Waals surface area contributed by atoms with E-state index < -0.39 is 5.41 Å². The van der Waals surface area contributed by atoms with Crippen LogP contribution in [0.1, 0.15) is 26.7 Å². The molecule has 2 saturated heterocycles. The molecule has 0 bridgehead atoms. The molecular formula is C13H24N2O3. The molecule has 4 unspecified atom stereocenters. The summed E-state index contributed by atoms with van der Waals surface area (Å²) in [5, 5.41) is 3.02. The number of hydrogen-bond donors (Lipinski definition) is 2. The molecule has 0 aliphatic carbocycles. The van der Waals surface area contributed by atoms with Crippen molar-refractivity contribution in [1.82, 2.24) is 5.32 Å². The van der Waals surface area contributed by atoms with Crippen LogP contribution >= 0.6 is 0 Å². The van der Waals surface area contributed by atoms with E-state index in [0.717, 1.165) is 19.4 Å². The summed E-state index contributed by atoms with van der Waals surface area (Å²) in [6, 6.07) is -0.209. The van der Waals surface area contributed by atoms with E-state index in [2.05, 4.69) is 12.2 Å². The summed E-state index contributed by atoms with van der Waals surface area (Å²) < 4.78 is 10.9. The predicted octanol–water partition coefficient (Wildman–Crippen LogP) is 0.282. The third-order valence-electron chi connectivity index (χ3n) is 4.31. The summed E-state index contributed by atoms with van der Waals surface area (Å²) in [7, 11) is 0. The van der Waals surface area contributed by atoms with Crippen molar-refractivity contribution in [2.24, 2.45) is 17.1 Å². The fraction of sp³-hybridized carbons (Fsp3) is 0.923. The average Bonchev–Trinajstić information content (AvgIpc) is 2.94. The Bertz CT molecular complexity index is 311. The van der Waals surface area contributed by atoms with Gasteiger partial charge in [-0.15, -0.1) is 0 Å². The van der Waals surface area contributed by atoms with Crippen molar-refractivity contribution in [2.45, 2.75) is 38.8 Å². The number of nitrogens with one attached hydrogen (secondary N) is 1. The number of nitrogens with two attached hydrogens (primary N) is 1. The lowest BCUT2D eigenvalue weighted by atomic mass is 9.84. The molecule has 104 valence electrons. The maximum absolute atomic E-state index is 12.2. The van der Waals surface area contributed by atoms with Gasteiger partial charge in [-0.05, 0) is 19.8 Å². The van der Waals surface area contributed by atoms with E-state index in [4.69, 9.17) is 15.2 Å². The molecule has 3 N–H and O–H groups in total. The van der Waals surface area contributed by atoms with Gasteiger partial charge in [-0.1, -0.05) is 6.92 Å². The number of amides is 1. The third-order valence-corrected chi connectivity index (χ3v) is 4.31. The minimum Gasteiger partial charge on any atom is -0.379 e. The van der Waals surface area contributed by atoms with Crippen LogP contribution in [0.5, 0.6) is 0 Å². The first-order chi connectivity index (χ1) is 8.58. The quantitative estimate of drug-likeness (QED) is 0.758. The van der Waals surface area contributed by atoms with Crippen molar-refractivity contribution >= 4 is 5.91 Å². The monoisotopic (exact) mass is 256 g/mol. The molecule has 5 heteroatoms. The van der Waals surface area contributed by atoms with Crippen molar-refractivity contribution in [2.75, 3.05) is 26.4 Å². The summed E-state index contributed by atoms with van der Waals surface area (Å²) in [5.41, 5.74) is 5.36. The molecule has 0 aromatic carbocycles. The van der Waals surface area contributed by atoms with E-state index in [9.17, 15) is 4.79 Å². The molecule has 0 radical (unpaired) electrons. The van der Waals surface area contributed by atoms with Gasteiger partial charge in [0.25, 0.3) is 0 Å². The molecule has 2 fully saturated rings. The topological polar surface area (TPSA) is 73.6 Å². The summed E-state index contributed by atoms with van der Waals surface area (Å²) >= 11 is 0. The Morgan fingerprint density at radius 1 is 1.56 bits per heavy atom. The van der Waals surface area contributed by atoms with Crippen LogP contribution in [0.25, 0.3) is 0 Å². The van der Waals surface area contributed by atoms with E-state index in [1.54, 1.807) is 0 Å². The Balaban J connectivity index is 1.84. The highest BCUT2D eigenvalue weighted by Gasteiger charge is 2.44. The average molecular weight is 256 g/mol.